The molecule has 0 aliphatic heterocycles. The van der Waals surface area contributed by atoms with Crippen LogP contribution in [0.2, 0.25) is 38.8 Å². The first-order chi connectivity index (χ1) is 14.5. The van der Waals surface area contributed by atoms with Crippen LogP contribution in [0, 0.1) is 0 Å². The average molecular weight is 441 g/mol. The maximum atomic E-state index is 4.41. The monoisotopic (exact) mass is 440 g/mol. The predicted molar refractivity (Wildman–Crippen MR) is 146 cm³/mol. The van der Waals surface area contributed by atoms with E-state index >= 15 is 0 Å². The Hall–Kier alpha value is -2.43. The summed E-state index contributed by atoms with van der Waals surface area (Å²) in [6.07, 6.45) is 0. The molecule has 0 amide bonds. The largest absolute Gasteiger partial charge is 0.0906 e. The molecule has 31 heavy (non-hydrogen) atoms. The van der Waals surface area contributed by atoms with Crippen molar-refractivity contribution in [2.75, 3.05) is 0 Å². The van der Waals surface area contributed by atoms with E-state index in [1.807, 2.05) is 0 Å². The van der Waals surface area contributed by atoms with Gasteiger partial charge in [-0.2, -0.15) is 0 Å². The quantitative estimate of drug-likeness (QED) is 0.338. The van der Waals surface area contributed by atoms with E-state index in [2.05, 4.69) is 126 Å². The van der Waals surface area contributed by atoms with Crippen LogP contribution in [-0.4, -0.2) is 16.1 Å². The lowest BCUT2D eigenvalue weighted by molar-refractivity contribution is 1.37. The first-order valence-electron chi connectivity index (χ1n) is 11.2. The van der Waals surface area contributed by atoms with E-state index in [-0.39, 0.29) is 0 Å². The van der Waals surface area contributed by atoms with Crippen molar-refractivity contribution >= 4 is 37.7 Å². The lowest BCUT2D eigenvalue weighted by Crippen LogP contribution is -2.40. The van der Waals surface area contributed by atoms with Crippen LogP contribution in [0.3, 0.4) is 0 Å². The third-order valence-corrected chi connectivity index (χ3v) is 12.3. The maximum Gasteiger partial charge on any atom is 0.0803 e. The van der Waals surface area contributed by atoms with Crippen LogP contribution in [0.15, 0.2) is 86.0 Å². The Balaban J connectivity index is 1.84. The van der Waals surface area contributed by atoms with Crippen LogP contribution in [-0.2, 0) is 0 Å². The van der Waals surface area contributed by atoms with Gasteiger partial charge >= 0.3 is 0 Å². The zero-order valence-electron chi connectivity index (χ0n) is 20.0. The third kappa shape index (κ3) is 5.26. The molecule has 0 bridgehead atoms. The molecule has 0 spiro atoms. The number of hydrogen-bond acceptors (Lipinski definition) is 0. The van der Waals surface area contributed by atoms with Gasteiger partial charge < -0.3 is 0 Å². The van der Waals surface area contributed by atoms with E-state index in [0.717, 1.165) is 22.3 Å². The molecule has 0 fully saturated rings. The van der Waals surface area contributed by atoms with Crippen molar-refractivity contribution in [1.82, 2.24) is 0 Å². The summed E-state index contributed by atoms with van der Waals surface area (Å²) >= 11 is 0. The molecule has 160 valence electrons. The predicted octanol–water partition coefficient (Wildman–Crippen LogP) is 7.29. The van der Waals surface area contributed by atoms with Crippen LogP contribution in [0.25, 0.3) is 11.1 Å². The van der Waals surface area contributed by atoms with Crippen molar-refractivity contribution < 1.29 is 0 Å². The fourth-order valence-electron chi connectivity index (χ4n) is 3.73. The van der Waals surface area contributed by atoms with Crippen molar-refractivity contribution in [3.8, 4) is 0 Å². The van der Waals surface area contributed by atoms with Gasteiger partial charge in [-0.3, -0.25) is 0 Å². The summed E-state index contributed by atoms with van der Waals surface area (Å²) in [7, 11) is -2.60. The van der Waals surface area contributed by atoms with E-state index in [0.29, 0.717) is 0 Å². The highest BCUT2D eigenvalue weighted by atomic mass is 28.3. The second kappa shape index (κ2) is 8.98. The van der Waals surface area contributed by atoms with Crippen molar-refractivity contribution in [3.63, 3.8) is 0 Å². The number of rotatable bonds is 7. The molecule has 0 unspecified atom stereocenters. The fraction of sp³-hybridized carbons (Fsp3) is 0.241. The highest BCUT2D eigenvalue weighted by Gasteiger charge is 2.20. The number of benzene rings is 3. The first kappa shape index (κ1) is 23.2. The summed E-state index contributed by atoms with van der Waals surface area (Å²) in [5, 5.41) is 2.99. The van der Waals surface area contributed by atoms with Gasteiger partial charge in [0.25, 0.3) is 0 Å². The molecule has 0 aromatic heterocycles. The van der Waals surface area contributed by atoms with Crippen molar-refractivity contribution in [3.05, 3.63) is 108 Å². The van der Waals surface area contributed by atoms with E-state index < -0.39 is 16.1 Å². The minimum absolute atomic E-state index is 1.06. The highest BCUT2D eigenvalue weighted by Crippen LogP contribution is 2.27. The molecule has 0 atom stereocenters. The van der Waals surface area contributed by atoms with Gasteiger partial charge in [-0.05, 0) is 39.5 Å². The smallest absolute Gasteiger partial charge is 0.0803 e. The van der Waals surface area contributed by atoms with E-state index in [1.165, 1.54) is 27.5 Å². The van der Waals surface area contributed by atoms with Crippen LogP contribution in [0.1, 0.15) is 29.2 Å². The van der Waals surface area contributed by atoms with Crippen LogP contribution in [0.4, 0.5) is 0 Å². The standard InChI is InChI=1S/C29H36Si2/c1-9-31(7,8)29-19-15-25(16-20-29)23(3)27-12-10-11-26(21-27)22(2)24-13-17-28(18-14-24)30(4,5)6/h10-21H,2-3,9H2,1,4-8H3. The molecule has 3 rings (SSSR count). The Kier molecular flexibility index (Phi) is 6.73. The molecule has 0 saturated heterocycles. The van der Waals surface area contributed by atoms with Crippen molar-refractivity contribution in [1.29, 1.82) is 0 Å². The van der Waals surface area contributed by atoms with Gasteiger partial charge in [0.05, 0.1) is 16.1 Å². The number of hydrogen-bond donors (Lipinski definition) is 0. The second-order valence-electron chi connectivity index (χ2n) is 10.2. The molecule has 0 aliphatic rings. The van der Waals surface area contributed by atoms with Crippen molar-refractivity contribution in [2.45, 2.75) is 45.7 Å². The van der Waals surface area contributed by atoms with Gasteiger partial charge in [0, 0.05) is 0 Å². The Labute approximate surface area is 191 Å². The van der Waals surface area contributed by atoms with Crippen LogP contribution >= 0.6 is 0 Å². The molecule has 0 aliphatic carbocycles. The maximum absolute atomic E-state index is 4.41. The lowest BCUT2D eigenvalue weighted by atomic mass is 9.94. The molecular weight excluding hydrogens is 404 g/mol. The van der Waals surface area contributed by atoms with E-state index in [9.17, 15) is 0 Å². The van der Waals surface area contributed by atoms with Gasteiger partial charge in [-0.1, -0.05) is 136 Å². The van der Waals surface area contributed by atoms with Gasteiger partial charge in [-0.15, -0.1) is 0 Å². The van der Waals surface area contributed by atoms with Crippen LogP contribution in [0.5, 0.6) is 0 Å². The first-order valence-corrected chi connectivity index (χ1v) is 17.9. The van der Waals surface area contributed by atoms with Gasteiger partial charge in [0.1, 0.15) is 0 Å². The normalized spacial score (nSPS) is 11.9. The summed E-state index contributed by atoms with van der Waals surface area (Å²) in [5.41, 5.74) is 6.79. The summed E-state index contributed by atoms with van der Waals surface area (Å²) in [4.78, 5) is 0. The molecule has 0 nitrogen and oxygen atoms in total. The SMILES string of the molecule is C=C(c1ccc([Si](C)(C)C)cc1)c1cccc(C(=C)c2ccc([Si](C)(C)CC)cc2)c1. The topological polar surface area (TPSA) is 0 Å². The molecule has 2 heteroatoms. The Morgan fingerprint density at radius 1 is 0.613 bits per heavy atom. The van der Waals surface area contributed by atoms with E-state index in [1.54, 1.807) is 0 Å². The summed E-state index contributed by atoms with van der Waals surface area (Å²) in [6, 6.07) is 27.9. The molecule has 0 N–H and O–H groups in total. The summed E-state index contributed by atoms with van der Waals surface area (Å²) in [5.74, 6) is 0. The minimum Gasteiger partial charge on any atom is -0.0906 e. The van der Waals surface area contributed by atoms with E-state index in [4.69, 9.17) is 0 Å². The molecule has 0 radical (unpaired) electrons. The second-order valence-corrected chi connectivity index (χ2v) is 20.3. The average Bonchev–Trinajstić information content (AvgIpc) is 2.77. The van der Waals surface area contributed by atoms with Gasteiger partial charge in [-0.25, -0.2) is 0 Å². The lowest BCUT2D eigenvalue weighted by Gasteiger charge is -2.21. The highest BCUT2D eigenvalue weighted by molar-refractivity contribution is 6.89. The molecular formula is C29H36Si2. The third-order valence-electron chi connectivity index (χ3n) is 6.56. The summed E-state index contributed by atoms with van der Waals surface area (Å²) in [6.45, 7) is 23.1. The zero-order chi connectivity index (χ0) is 22.8. The van der Waals surface area contributed by atoms with Crippen LogP contribution < -0.4 is 10.4 Å². The Morgan fingerprint density at radius 2 is 1.03 bits per heavy atom. The molecule has 0 saturated carbocycles. The Morgan fingerprint density at radius 3 is 1.42 bits per heavy atom. The Bertz CT molecular complexity index is 1080. The zero-order valence-corrected chi connectivity index (χ0v) is 22.0. The van der Waals surface area contributed by atoms with Gasteiger partial charge in [0.15, 0.2) is 0 Å². The molecule has 0 heterocycles. The fourth-order valence-corrected chi connectivity index (χ4v) is 6.37. The van der Waals surface area contributed by atoms with Gasteiger partial charge in [0.2, 0.25) is 0 Å². The summed E-state index contributed by atoms with van der Waals surface area (Å²) < 4.78 is 0. The molecule has 3 aromatic rings. The van der Waals surface area contributed by atoms with Crippen molar-refractivity contribution in [2.24, 2.45) is 0 Å². The minimum atomic E-state index is -1.31. The molecule has 3 aromatic carbocycles.